The average Bonchev–Trinajstić information content (AvgIpc) is 3.11. The Bertz CT molecular complexity index is 1060. The lowest BCUT2D eigenvalue weighted by atomic mass is 9.99. The summed E-state index contributed by atoms with van der Waals surface area (Å²) in [7, 11) is -1.63. The molecule has 1 N–H and O–H groups in total. The number of carbonyl (C=O) groups excluding carboxylic acids is 1. The topological polar surface area (TPSA) is 87.5 Å². The van der Waals surface area contributed by atoms with Gasteiger partial charge in [-0.3, -0.25) is 9.69 Å². The molecule has 9 heteroatoms. The van der Waals surface area contributed by atoms with Crippen LogP contribution in [-0.4, -0.2) is 71.8 Å². The predicted octanol–water partition coefficient (Wildman–Crippen LogP) is 2.77. The number of hydrogen-bond donors (Lipinski definition) is 1. The first kappa shape index (κ1) is 25.6. The maximum absolute atomic E-state index is 12.8. The number of nitrogens with zero attached hydrogens (tertiary/aromatic N) is 4. The van der Waals surface area contributed by atoms with E-state index in [2.05, 4.69) is 29.0 Å². The molecule has 2 aromatic rings. The van der Waals surface area contributed by atoms with Crippen LogP contribution in [-0.2, 0) is 28.3 Å². The third kappa shape index (κ3) is 5.94. The van der Waals surface area contributed by atoms with Crippen molar-refractivity contribution in [2.24, 2.45) is 13.0 Å². The number of hydrogen-bond acceptors (Lipinski definition) is 5. The summed E-state index contributed by atoms with van der Waals surface area (Å²) < 4.78 is 29.1. The van der Waals surface area contributed by atoms with E-state index in [1.54, 1.807) is 18.2 Å². The van der Waals surface area contributed by atoms with Gasteiger partial charge in [-0.05, 0) is 50.4 Å². The lowest BCUT2D eigenvalue weighted by Crippen LogP contribution is -2.46. The Morgan fingerprint density at radius 2 is 2.03 bits per heavy atom. The maximum atomic E-state index is 12.8. The number of aryl methyl sites for hydroxylation is 2. The van der Waals surface area contributed by atoms with E-state index in [1.807, 2.05) is 25.5 Å². The van der Waals surface area contributed by atoms with Crippen molar-refractivity contribution >= 4 is 27.0 Å². The van der Waals surface area contributed by atoms with Crippen LogP contribution in [0.5, 0.6) is 0 Å². The van der Waals surface area contributed by atoms with Gasteiger partial charge in [0.15, 0.2) is 0 Å². The summed E-state index contributed by atoms with van der Waals surface area (Å²) in [5.41, 5.74) is 1.49. The molecule has 1 aliphatic rings. The summed E-state index contributed by atoms with van der Waals surface area (Å²) >= 11 is 0. The van der Waals surface area contributed by atoms with Crippen molar-refractivity contribution in [2.45, 2.75) is 64.3 Å². The molecule has 1 aromatic heterocycles. The molecule has 0 aliphatic carbocycles. The van der Waals surface area contributed by atoms with Crippen LogP contribution in [0.15, 0.2) is 23.1 Å². The maximum Gasteiger partial charge on any atom is 0.243 e. The Hall–Kier alpha value is -1.97. The Morgan fingerprint density at radius 1 is 1.30 bits per heavy atom. The second-order valence-corrected chi connectivity index (χ2v) is 11.2. The Kier molecular flexibility index (Phi) is 8.53. The second-order valence-electron chi connectivity index (χ2n) is 9.22. The highest BCUT2D eigenvalue weighted by Crippen LogP contribution is 2.23. The standard InChI is InChI=1S/C24H39N5O3S/c1-6-29(7-2)33(31,32)20-10-11-22-21(15-20)26-23(27(22)5)12-13-24(30)25-16-19(4)28-14-8-9-18(3)17-28/h10-11,15,18-19H,6-9,12-14,16-17H2,1-5H3,(H,25,30). The number of sulfonamides is 1. The van der Waals surface area contributed by atoms with Crippen molar-refractivity contribution in [1.29, 1.82) is 0 Å². The van der Waals surface area contributed by atoms with Gasteiger partial charge in [0.05, 0.1) is 15.9 Å². The summed E-state index contributed by atoms with van der Waals surface area (Å²) in [6.45, 7) is 11.8. The van der Waals surface area contributed by atoms with Gasteiger partial charge in [-0.25, -0.2) is 13.4 Å². The smallest absolute Gasteiger partial charge is 0.243 e. The van der Waals surface area contributed by atoms with Crippen LogP contribution in [0.2, 0.25) is 0 Å². The fourth-order valence-electron chi connectivity index (χ4n) is 4.66. The summed E-state index contributed by atoms with van der Waals surface area (Å²) in [6.07, 6.45) is 3.37. The fourth-order valence-corrected chi connectivity index (χ4v) is 6.14. The number of imidazole rings is 1. The molecule has 1 amide bonds. The van der Waals surface area contributed by atoms with Gasteiger partial charge < -0.3 is 9.88 Å². The number of rotatable bonds is 10. The van der Waals surface area contributed by atoms with E-state index < -0.39 is 10.0 Å². The minimum atomic E-state index is -3.53. The first-order chi connectivity index (χ1) is 15.7. The number of likely N-dealkylation sites (tertiary alicyclic amines) is 1. The number of carbonyl (C=O) groups is 1. The zero-order chi connectivity index (χ0) is 24.2. The third-order valence-electron chi connectivity index (χ3n) is 6.77. The minimum Gasteiger partial charge on any atom is -0.355 e. The molecule has 0 spiro atoms. The summed E-state index contributed by atoms with van der Waals surface area (Å²) in [4.78, 5) is 19.8. The monoisotopic (exact) mass is 477 g/mol. The van der Waals surface area contributed by atoms with Crippen LogP contribution in [0, 0.1) is 5.92 Å². The molecule has 1 aliphatic heterocycles. The third-order valence-corrected chi connectivity index (χ3v) is 8.82. The van der Waals surface area contributed by atoms with E-state index in [1.165, 1.54) is 17.1 Å². The Morgan fingerprint density at radius 3 is 2.70 bits per heavy atom. The zero-order valence-electron chi connectivity index (χ0n) is 20.7. The Balaban J connectivity index is 1.61. The molecule has 184 valence electrons. The first-order valence-corrected chi connectivity index (χ1v) is 13.6. The van der Waals surface area contributed by atoms with E-state index in [4.69, 9.17) is 0 Å². The number of fused-ring (bicyclic) bond motifs is 1. The van der Waals surface area contributed by atoms with E-state index >= 15 is 0 Å². The van der Waals surface area contributed by atoms with Crippen molar-refractivity contribution < 1.29 is 13.2 Å². The van der Waals surface area contributed by atoms with Gasteiger partial charge in [-0.15, -0.1) is 0 Å². The molecular weight excluding hydrogens is 438 g/mol. The highest BCUT2D eigenvalue weighted by molar-refractivity contribution is 7.89. The molecule has 1 aromatic carbocycles. The van der Waals surface area contributed by atoms with Gasteiger partial charge in [-0.1, -0.05) is 20.8 Å². The Labute approximate surface area is 198 Å². The molecule has 1 fully saturated rings. The molecule has 2 unspecified atom stereocenters. The largest absolute Gasteiger partial charge is 0.355 e. The molecule has 1 saturated heterocycles. The van der Waals surface area contributed by atoms with Gasteiger partial charge in [0, 0.05) is 52.1 Å². The lowest BCUT2D eigenvalue weighted by Gasteiger charge is -2.35. The molecule has 3 rings (SSSR count). The van der Waals surface area contributed by atoms with E-state index in [-0.39, 0.29) is 10.8 Å². The highest BCUT2D eigenvalue weighted by Gasteiger charge is 2.23. The van der Waals surface area contributed by atoms with Crippen molar-refractivity contribution in [1.82, 2.24) is 24.1 Å². The molecule has 0 bridgehead atoms. The van der Waals surface area contributed by atoms with Gasteiger partial charge in [-0.2, -0.15) is 4.31 Å². The molecule has 33 heavy (non-hydrogen) atoms. The van der Waals surface area contributed by atoms with E-state index in [0.717, 1.165) is 30.3 Å². The predicted molar refractivity (Wildman–Crippen MR) is 132 cm³/mol. The van der Waals surface area contributed by atoms with Gasteiger partial charge in [0.2, 0.25) is 15.9 Å². The summed E-state index contributed by atoms with van der Waals surface area (Å²) in [5, 5.41) is 3.07. The molecular formula is C24H39N5O3S. The number of amides is 1. The highest BCUT2D eigenvalue weighted by atomic mass is 32.2. The van der Waals surface area contributed by atoms with Crippen LogP contribution in [0.4, 0.5) is 0 Å². The van der Waals surface area contributed by atoms with Gasteiger partial charge in [0.25, 0.3) is 0 Å². The molecule has 0 saturated carbocycles. The van der Waals surface area contributed by atoms with Crippen LogP contribution in [0.3, 0.4) is 0 Å². The normalized spacial score (nSPS) is 18.7. The summed E-state index contributed by atoms with van der Waals surface area (Å²) in [6, 6.07) is 5.40. The molecule has 0 radical (unpaired) electrons. The fraction of sp³-hybridized carbons (Fsp3) is 0.667. The first-order valence-electron chi connectivity index (χ1n) is 12.1. The number of nitrogens with one attached hydrogen (secondary N) is 1. The van der Waals surface area contributed by atoms with Crippen molar-refractivity contribution in [2.75, 3.05) is 32.7 Å². The van der Waals surface area contributed by atoms with Gasteiger partial charge >= 0.3 is 0 Å². The van der Waals surface area contributed by atoms with Crippen LogP contribution < -0.4 is 5.32 Å². The molecule has 2 heterocycles. The molecule has 8 nitrogen and oxygen atoms in total. The van der Waals surface area contributed by atoms with E-state index in [0.29, 0.717) is 44.0 Å². The van der Waals surface area contributed by atoms with Crippen LogP contribution >= 0.6 is 0 Å². The quantitative estimate of drug-likeness (QED) is 0.569. The van der Waals surface area contributed by atoms with Gasteiger partial charge in [0.1, 0.15) is 5.82 Å². The number of benzene rings is 1. The van der Waals surface area contributed by atoms with Crippen molar-refractivity contribution in [3.05, 3.63) is 24.0 Å². The zero-order valence-corrected chi connectivity index (χ0v) is 21.5. The number of aromatic nitrogens is 2. The minimum absolute atomic E-state index is 0.0174. The van der Waals surface area contributed by atoms with Crippen molar-refractivity contribution in [3.8, 4) is 0 Å². The van der Waals surface area contributed by atoms with Crippen LogP contribution in [0.25, 0.3) is 11.0 Å². The second kappa shape index (κ2) is 11.0. The van der Waals surface area contributed by atoms with Crippen molar-refractivity contribution in [3.63, 3.8) is 0 Å². The van der Waals surface area contributed by atoms with E-state index in [9.17, 15) is 13.2 Å². The van der Waals surface area contributed by atoms with Crippen LogP contribution in [0.1, 0.15) is 52.8 Å². The SMILES string of the molecule is CCN(CC)S(=O)(=O)c1ccc2c(c1)nc(CCC(=O)NCC(C)N1CCCC(C)C1)n2C. The molecule has 2 atom stereocenters. The average molecular weight is 478 g/mol. The summed E-state index contributed by atoms with van der Waals surface area (Å²) in [5.74, 6) is 1.51. The lowest BCUT2D eigenvalue weighted by molar-refractivity contribution is -0.121. The number of piperidine rings is 1.